The molecular formula is C34H32F3N3O7S2. The van der Waals surface area contributed by atoms with Crippen molar-refractivity contribution >= 4 is 52.5 Å². The summed E-state index contributed by atoms with van der Waals surface area (Å²) in [5.41, 5.74) is -0.0426. The molecule has 1 saturated heterocycles. The van der Waals surface area contributed by atoms with E-state index < -0.39 is 59.9 Å². The van der Waals surface area contributed by atoms with E-state index in [-0.39, 0.29) is 51.8 Å². The molecule has 2 saturated carbocycles. The Morgan fingerprint density at radius 1 is 1.06 bits per heavy atom. The number of carbonyl (C=O) groups excluding carboxylic acids is 3. The van der Waals surface area contributed by atoms with E-state index in [0.717, 1.165) is 43.8 Å². The second-order valence-electron chi connectivity index (χ2n) is 13.5. The van der Waals surface area contributed by atoms with Crippen molar-refractivity contribution in [3.8, 4) is 5.75 Å². The van der Waals surface area contributed by atoms with Crippen LogP contribution in [0.15, 0.2) is 58.4 Å². The van der Waals surface area contributed by atoms with Gasteiger partial charge in [0, 0.05) is 21.7 Å². The molecule has 2 aromatic carbocycles. The molecule has 3 fully saturated rings. The Bertz CT molecular complexity index is 1890. The van der Waals surface area contributed by atoms with Gasteiger partial charge in [0.05, 0.1) is 22.4 Å². The van der Waals surface area contributed by atoms with Crippen LogP contribution in [0.3, 0.4) is 0 Å². The second-order valence-corrected chi connectivity index (χ2v) is 15.7. The molecule has 7 rings (SSSR count). The monoisotopic (exact) mass is 715 g/mol. The van der Waals surface area contributed by atoms with E-state index in [1.807, 2.05) is 26.0 Å². The number of benzene rings is 2. The van der Waals surface area contributed by atoms with Crippen LogP contribution in [-0.2, 0) is 25.4 Å². The molecule has 10 nitrogen and oxygen atoms in total. The van der Waals surface area contributed by atoms with Gasteiger partial charge in [0.25, 0.3) is 5.91 Å². The molecule has 2 aliphatic heterocycles. The number of carbonyl (C=O) groups is 4. The van der Waals surface area contributed by atoms with E-state index in [4.69, 9.17) is 4.74 Å². The lowest BCUT2D eigenvalue weighted by Gasteiger charge is -2.43. The minimum atomic E-state index is -4.55. The first-order valence-electron chi connectivity index (χ1n) is 15.9. The predicted octanol–water partition coefficient (Wildman–Crippen LogP) is 5.45. The first-order chi connectivity index (χ1) is 23.2. The van der Waals surface area contributed by atoms with Crippen molar-refractivity contribution in [2.45, 2.75) is 55.1 Å². The SMILES string of the molecule is CC(C)CC(C(=O)O)N1C(=O)C2C3CC(C2C1=O)C1C3Sc2[nH]c(=O)sc2[C@@H]1c1ccc(OCC(=O)Nc2cccc(C(F)(F)F)c2)cc1. The van der Waals surface area contributed by atoms with Gasteiger partial charge in [0.2, 0.25) is 11.8 Å². The lowest BCUT2D eigenvalue weighted by Crippen LogP contribution is -2.47. The third-order valence-corrected chi connectivity index (χ3v) is 12.7. The molecule has 3 aromatic rings. The Kier molecular flexibility index (Phi) is 8.41. The van der Waals surface area contributed by atoms with Crippen molar-refractivity contribution in [1.29, 1.82) is 0 Å². The fourth-order valence-electron chi connectivity index (χ4n) is 8.37. The molecule has 7 unspecified atom stereocenters. The maximum Gasteiger partial charge on any atom is 0.416 e. The Hall–Kier alpha value is -4.11. The van der Waals surface area contributed by atoms with Gasteiger partial charge in [-0.1, -0.05) is 43.4 Å². The summed E-state index contributed by atoms with van der Waals surface area (Å²) < 4.78 is 44.7. The first-order valence-corrected chi connectivity index (χ1v) is 17.6. The molecule has 258 valence electrons. The number of imide groups is 1. The van der Waals surface area contributed by atoms with Gasteiger partial charge in [0.1, 0.15) is 11.8 Å². The van der Waals surface area contributed by atoms with Crippen molar-refractivity contribution in [1.82, 2.24) is 9.88 Å². The lowest BCUT2D eigenvalue weighted by molar-refractivity contribution is -0.156. The molecule has 1 aromatic heterocycles. The number of hydrogen-bond donors (Lipinski definition) is 3. The van der Waals surface area contributed by atoms with E-state index >= 15 is 0 Å². The molecule has 0 spiro atoms. The lowest BCUT2D eigenvalue weighted by atomic mass is 9.68. The summed E-state index contributed by atoms with van der Waals surface area (Å²) in [6.07, 6.45) is -3.72. The molecule has 4 aliphatic rings. The number of thioether (sulfide) groups is 1. The number of ether oxygens (including phenoxy) is 1. The molecule has 3 N–H and O–H groups in total. The largest absolute Gasteiger partial charge is 0.484 e. The van der Waals surface area contributed by atoms with Crippen molar-refractivity contribution in [2.24, 2.45) is 35.5 Å². The highest BCUT2D eigenvalue weighted by Gasteiger charge is 2.70. The van der Waals surface area contributed by atoms with E-state index in [0.29, 0.717) is 12.2 Å². The van der Waals surface area contributed by atoms with Crippen LogP contribution in [0.25, 0.3) is 0 Å². The molecule has 49 heavy (non-hydrogen) atoms. The summed E-state index contributed by atoms with van der Waals surface area (Å²) in [5, 5.41) is 13.0. The molecule has 3 amide bonds. The standard InChI is InChI=1S/C34H32F3N3O7S2/c1-14(2)10-21(32(44)45)40-30(42)25-19-12-20(26(25)31(40)43)27-24(19)23(28-29(48-27)39-33(46)49-28)15-6-8-18(9-7-15)47-13-22(41)38-17-5-3-4-16(11-17)34(35,36)37/h3-9,11,14,19-21,23-27H,10,12-13H2,1-2H3,(H,38,41)(H,39,46)(H,44,45)/t19?,20?,21?,23-,24?,25?,26?,27?/m1/s1. The minimum Gasteiger partial charge on any atom is -0.484 e. The van der Waals surface area contributed by atoms with Gasteiger partial charge in [-0.25, -0.2) is 4.79 Å². The topological polar surface area (TPSA) is 146 Å². The third-order valence-electron chi connectivity index (χ3n) is 10.1. The molecule has 15 heteroatoms. The van der Waals surface area contributed by atoms with E-state index in [1.54, 1.807) is 12.1 Å². The number of alkyl halides is 3. The summed E-state index contributed by atoms with van der Waals surface area (Å²) in [4.78, 5) is 69.5. The number of thiazole rings is 1. The minimum absolute atomic E-state index is 0.0122. The van der Waals surface area contributed by atoms with Gasteiger partial charge in [-0.3, -0.25) is 24.1 Å². The van der Waals surface area contributed by atoms with Crippen molar-refractivity contribution in [3.05, 3.63) is 74.2 Å². The number of carboxylic acid groups (broad SMARTS) is 1. The molecule has 2 bridgehead atoms. The molecular weight excluding hydrogens is 684 g/mol. The number of nitrogens with zero attached hydrogens (tertiary/aromatic N) is 1. The van der Waals surface area contributed by atoms with Crippen LogP contribution in [0.1, 0.15) is 48.6 Å². The first kappa shape index (κ1) is 33.4. The van der Waals surface area contributed by atoms with Crippen LogP contribution in [0, 0.1) is 35.5 Å². The molecule has 8 atom stereocenters. The van der Waals surface area contributed by atoms with Crippen LogP contribution < -0.4 is 14.9 Å². The predicted molar refractivity (Wildman–Crippen MR) is 173 cm³/mol. The average Bonchev–Trinajstić information content (AvgIpc) is 3.77. The van der Waals surface area contributed by atoms with Crippen LogP contribution in [0.4, 0.5) is 18.9 Å². The quantitative estimate of drug-likeness (QED) is 0.248. The maximum atomic E-state index is 13.9. The summed E-state index contributed by atoms with van der Waals surface area (Å²) in [5.74, 6) is -4.27. The normalized spacial score (nSPS) is 27.6. The smallest absolute Gasteiger partial charge is 0.416 e. The van der Waals surface area contributed by atoms with Crippen LogP contribution >= 0.6 is 23.1 Å². The van der Waals surface area contributed by atoms with Gasteiger partial charge >= 0.3 is 17.0 Å². The van der Waals surface area contributed by atoms with Gasteiger partial charge in [-0.15, -0.1) is 11.8 Å². The Labute approximate surface area is 286 Å². The zero-order chi connectivity index (χ0) is 34.9. The summed E-state index contributed by atoms with van der Waals surface area (Å²) in [6, 6.07) is 10.1. The number of H-pyrrole nitrogens is 1. The van der Waals surface area contributed by atoms with Crippen LogP contribution in [0.2, 0.25) is 0 Å². The summed E-state index contributed by atoms with van der Waals surface area (Å²) in [7, 11) is 0. The number of rotatable bonds is 9. The Morgan fingerprint density at radius 2 is 1.76 bits per heavy atom. The van der Waals surface area contributed by atoms with Crippen molar-refractivity contribution in [3.63, 3.8) is 0 Å². The molecule has 2 aliphatic carbocycles. The number of aromatic amines is 1. The summed E-state index contributed by atoms with van der Waals surface area (Å²) in [6.45, 7) is 3.26. The highest BCUT2D eigenvalue weighted by molar-refractivity contribution is 8.00. The molecule has 0 radical (unpaired) electrons. The number of halogens is 3. The van der Waals surface area contributed by atoms with Gasteiger partial charge in [0.15, 0.2) is 6.61 Å². The van der Waals surface area contributed by atoms with Crippen LogP contribution in [0.5, 0.6) is 5.75 Å². The number of aromatic nitrogens is 1. The van der Waals surface area contributed by atoms with Crippen molar-refractivity contribution < 1.29 is 42.2 Å². The number of nitrogens with one attached hydrogen (secondary N) is 2. The second kappa shape index (κ2) is 12.3. The fraction of sp³-hybridized carbons (Fsp3) is 0.441. The van der Waals surface area contributed by atoms with Crippen molar-refractivity contribution in [2.75, 3.05) is 11.9 Å². The highest BCUT2D eigenvalue weighted by Crippen LogP contribution is 2.68. The fourth-order valence-corrected chi connectivity index (χ4v) is 11.3. The van der Waals surface area contributed by atoms with Crippen LogP contribution in [-0.4, -0.2) is 56.6 Å². The van der Waals surface area contributed by atoms with Gasteiger partial charge < -0.3 is 20.1 Å². The van der Waals surface area contributed by atoms with E-state index in [9.17, 15) is 42.3 Å². The third kappa shape index (κ3) is 5.83. The Balaban J connectivity index is 1.11. The van der Waals surface area contributed by atoms with E-state index in [2.05, 4.69) is 10.3 Å². The number of carboxylic acids is 1. The Morgan fingerprint density at radius 3 is 2.41 bits per heavy atom. The number of likely N-dealkylation sites (tertiary alicyclic amines) is 1. The van der Waals surface area contributed by atoms with Gasteiger partial charge in [-0.05, 0) is 72.4 Å². The number of hydrogen-bond acceptors (Lipinski definition) is 8. The maximum absolute atomic E-state index is 13.9. The molecule has 3 heterocycles. The number of amides is 3. The summed E-state index contributed by atoms with van der Waals surface area (Å²) >= 11 is 2.64. The number of anilines is 1. The van der Waals surface area contributed by atoms with E-state index in [1.165, 1.54) is 23.9 Å². The number of fused-ring (bicyclic) bond motifs is 9. The highest BCUT2D eigenvalue weighted by atomic mass is 32.2. The number of aliphatic carboxylic acids is 1. The zero-order valence-corrected chi connectivity index (χ0v) is 27.9. The zero-order valence-electron chi connectivity index (χ0n) is 26.2. The average molecular weight is 716 g/mol. The van der Waals surface area contributed by atoms with Gasteiger partial charge in [-0.2, -0.15) is 13.2 Å².